The Morgan fingerprint density at radius 3 is 2.69 bits per heavy atom. The molecule has 1 aromatic rings. The van der Waals surface area contributed by atoms with Crippen LogP contribution in [0.25, 0.3) is 0 Å². The molecule has 2 nitrogen and oxygen atoms in total. The van der Waals surface area contributed by atoms with Gasteiger partial charge in [-0.05, 0) is 38.7 Å². The van der Waals surface area contributed by atoms with Crippen LogP contribution in [-0.4, -0.2) is 10.9 Å². The van der Waals surface area contributed by atoms with Gasteiger partial charge in [0.05, 0.1) is 0 Å². The number of carbonyl (C=O) groups excluding carboxylic acids is 1. The van der Waals surface area contributed by atoms with Gasteiger partial charge in [0.15, 0.2) is 6.29 Å². The van der Waals surface area contributed by atoms with Crippen LogP contribution in [0, 0.1) is 19.8 Å². The molecule has 0 amide bonds. The van der Waals surface area contributed by atoms with Crippen LogP contribution in [0.4, 0.5) is 0 Å². The van der Waals surface area contributed by atoms with Crippen LogP contribution >= 0.6 is 0 Å². The summed E-state index contributed by atoms with van der Waals surface area (Å²) < 4.78 is 2.27. The Labute approximate surface area is 78.6 Å². The van der Waals surface area contributed by atoms with Crippen molar-refractivity contribution in [1.29, 1.82) is 0 Å². The number of aromatic nitrogens is 1. The lowest BCUT2D eigenvalue weighted by molar-refractivity contribution is 0.112. The van der Waals surface area contributed by atoms with E-state index in [1.54, 1.807) is 0 Å². The summed E-state index contributed by atoms with van der Waals surface area (Å²) in [5, 5.41) is 0. The van der Waals surface area contributed by atoms with E-state index in [0.717, 1.165) is 30.0 Å². The maximum atomic E-state index is 10.7. The molecule has 1 saturated carbocycles. The van der Waals surface area contributed by atoms with Gasteiger partial charge in [0, 0.05) is 23.5 Å². The fraction of sp³-hybridized carbons (Fsp3) is 0.545. The summed E-state index contributed by atoms with van der Waals surface area (Å²) in [6, 6.07) is 1.98. The predicted octanol–water partition coefficient (Wildman–Crippen LogP) is 2.33. The van der Waals surface area contributed by atoms with E-state index in [9.17, 15) is 4.79 Å². The third-order valence-corrected chi connectivity index (χ3v) is 2.88. The Kier molecular flexibility index (Phi) is 1.98. The normalized spacial score (nSPS) is 16.2. The number of hydrogen-bond donors (Lipinski definition) is 0. The number of carbonyl (C=O) groups is 1. The van der Waals surface area contributed by atoms with Gasteiger partial charge in [0.2, 0.25) is 0 Å². The number of aryl methyl sites for hydroxylation is 1. The summed E-state index contributed by atoms with van der Waals surface area (Å²) in [6.45, 7) is 5.20. The monoisotopic (exact) mass is 177 g/mol. The molecule has 0 radical (unpaired) electrons. The highest BCUT2D eigenvalue weighted by Crippen LogP contribution is 2.32. The highest BCUT2D eigenvalue weighted by Gasteiger charge is 2.23. The number of rotatable bonds is 3. The quantitative estimate of drug-likeness (QED) is 0.649. The standard InChI is InChI=1S/C11H15NO/c1-8-5-11(7-13)9(2)12(8)6-10-3-4-10/h5,7,10H,3-4,6H2,1-2H3. The third kappa shape index (κ3) is 1.53. The highest BCUT2D eigenvalue weighted by atomic mass is 16.1. The van der Waals surface area contributed by atoms with E-state index in [0.29, 0.717) is 0 Å². The van der Waals surface area contributed by atoms with Crippen LogP contribution in [0.15, 0.2) is 6.07 Å². The van der Waals surface area contributed by atoms with E-state index >= 15 is 0 Å². The molecule has 1 aromatic heterocycles. The van der Waals surface area contributed by atoms with E-state index in [-0.39, 0.29) is 0 Å². The van der Waals surface area contributed by atoms with Crippen LogP contribution < -0.4 is 0 Å². The lowest BCUT2D eigenvalue weighted by Gasteiger charge is -2.07. The van der Waals surface area contributed by atoms with Gasteiger partial charge in [-0.15, -0.1) is 0 Å². The van der Waals surface area contributed by atoms with E-state index in [1.807, 2.05) is 13.0 Å². The van der Waals surface area contributed by atoms with Crippen molar-refractivity contribution in [2.75, 3.05) is 0 Å². The molecule has 1 aliphatic carbocycles. The van der Waals surface area contributed by atoms with Crippen molar-refractivity contribution in [3.63, 3.8) is 0 Å². The van der Waals surface area contributed by atoms with Crippen molar-refractivity contribution in [2.45, 2.75) is 33.2 Å². The molecule has 0 spiro atoms. The Balaban J connectivity index is 2.30. The van der Waals surface area contributed by atoms with Gasteiger partial charge >= 0.3 is 0 Å². The summed E-state index contributed by atoms with van der Waals surface area (Å²) in [7, 11) is 0. The van der Waals surface area contributed by atoms with Crippen LogP contribution in [0.5, 0.6) is 0 Å². The van der Waals surface area contributed by atoms with Crippen LogP contribution in [0.1, 0.15) is 34.6 Å². The average Bonchev–Trinajstić information content (AvgIpc) is 2.87. The minimum Gasteiger partial charge on any atom is -0.348 e. The molecule has 13 heavy (non-hydrogen) atoms. The molecular formula is C11H15NO. The first-order valence-electron chi connectivity index (χ1n) is 4.84. The summed E-state index contributed by atoms with van der Waals surface area (Å²) in [5.41, 5.74) is 3.18. The summed E-state index contributed by atoms with van der Waals surface area (Å²) in [4.78, 5) is 10.7. The second-order valence-corrected chi connectivity index (χ2v) is 4.00. The van der Waals surface area contributed by atoms with Gasteiger partial charge in [-0.25, -0.2) is 0 Å². The van der Waals surface area contributed by atoms with Crippen molar-refractivity contribution < 1.29 is 4.79 Å². The first kappa shape index (κ1) is 8.54. The molecule has 0 aliphatic heterocycles. The van der Waals surface area contributed by atoms with Gasteiger partial charge in [-0.1, -0.05) is 0 Å². The molecule has 2 rings (SSSR count). The molecule has 1 aliphatic rings. The Bertz CT molecular complexity index is 334. The predicted molar refractivity (Wildman–Crippen MR) is 52.0 cm³/mol. The fourth-order valence-electron chi connectivity index (χ4n) is 1.79. The second-order valence-electron chi connectivity index (χ2n) is 4.00. The largest absolute Gasteiger partial charge is 0.348 e. The molecule has 1 heterocycles. The van der Waals surface area contributed by atoms with Crippen LogP contribution in [0.2, 0.25) is 0 Å². The molecule has 0 saturated heterocycles. The van der Waals surface area contributed by atoms with Gasteiger partial charge < -0.3 is 4.57 Å². The van der Waals surface area contributed by atoms with E-state index in [2.05, 4.69) is 11.5 Å². The molecule has 0 N–H and O–H groups in total. The zero-order valence-electron chi connectivity index (χ0n) is 8.21. The number of hydrogen-bond acceptors (Lipinski definition) is 1. The third-order valence-electron chi connectivity index (χ3n) is 2.88. The topological polar surface area (TPSA) is 22.0 Å². The average molecular weight is 177 g/mol. The fourth-order valence-corrected chi connectivity index (χ4v) is 1.79. The van der Waals surface area contributed by atoms with Gasteiger partial charge in [0.25, 0.3) is 0 Å². The molecule has 70 valence electrons. The summed E-state index contributed by atoms with van der Waals surface area (Å²) in [5.74, 6) is 0.865. The molecule has 0 unspecified atom stereocenters. The van der Waals surface area contributed by atoms with Gasteiger partial charge in [0.1, 0.15) is 0 Å². The maximum absolute atomic E-state index is 10.7. The first-order valence-corrected chi connectivity index (χ1v) is 4.84. The lowest BCUT2D eigenvalue weighted by atomic mass is 10.3. The Hall–Kier alpha value is -1.05. The van der Waals surface area contributed by atoms with E-state index < -0.39 is 0 Å². The number of aldehydes is 1. The molecule has 0 aromatic carbocycles. The summed E-state index contributed by atoms with van der Waals surface area (Å²) in [6.07, 6.45) is 3.66. The molecule has 1 fully saturated rings. The smallest absolute Gasteiger partial charge is 0.151 e. The molecular weight excluding hydrogens is 162 g/mol. The van der Waals surface area contributed by atoms with Crippen molar-refractivity contribution in [3.05, 3.63) is 23.0 Å². The molecule has 0 atom stereocenters. The zero-order valence-corrected chi connectivity index (χ0v) is 8.21. The van der Waals surface area contributed by atoms with Crippen molar-refractivity contribution in [3.8, 4) is 0 Å². The first-order chi connectivity index (χ1) is 6.22. The van der Waals surface area contributed by atoms with Crippen molar-refractivity contribution >= 4 is 6.29 Å². The van der Waals surface area contributed by atoms with Crippen molar-refractivity contribution in [2.24, 2.45) is 5.92 Å². The van der Waals surface area contributed by atoms with E-state index in [1.165, 1.54) is 18.5 Å². The molecule has 2 heteroatoms. The highest BCUT2D eigenvalue weighted by molar-refractivity contribution is 5.77. The van der Waals surface area contributed by atoms with Gasteiger partial charge in [-0.2, -0.15) is 0 Å². The Morgan fingerprint density at radius 2 is 2.23 bits per heavy atom. The van der Waals surface area contributed by atoms with Gasteiger partial charge in [-0.3, -0.25) is 4.79 Å². The van der Waals surface area contributed by atoms with Crippen LogP contribution in [-0.2, 0) is 6.54 Å². The molecule has 0 bridgehead atoms. The van der Waals surface area contributed by atoms with Crippen molar-refractivity contribution in [1.82, 2.24) is 4.57 Å². The minimum absolute atomic E-state index is 0.846. The number of nitrogens with zero attached hydrogens (tertiary/aromatic N) is 1. The zero-order chi connectivity index (χ0) is 9.42. The Morgan fingerprint density at radius 1 is 1.54 bits per heavy atom. The minimum atomic E-state index is 0.846. The van der Waals surface area contributed by atoms with Crippen LogP contribution in [0.3, 0.4) is 0 Å². The lowest BCUT2D eigenvalue weighted by Crippen LogP contribution is -2.04. The summed E-state index contributed by atoms with van der Waals surface area (Å²) >= 11 is 0. The maximum Gasteiger partial charge on any atom is 0.151 e. The van der Waals surface area contributed by atoms with E-state index in [4.69, 9.17) is 0 Å². The SMILES string of the molecule is Cc1cc(C=O)c(C)n1CC1CC1. The second kappa shape index (κ2) is 3.02.